The molecule has 0 unspecified atom stereocenters. The van der Waals surface area contributed by atoms with Gasteiger partial charge in [0, 0.05) is 6.54 Å². The topological polar surface area (TPSA) is 86.5 Å². The van der Waals surface area contributed by atoms with Gasteiger partial charge >= 0.3 is 0 Å². The summed E-state index contributed by atoms with van der Waals surface area (Å²) in [5.74, 6) is 0.960. The van der Waals surface area contributed by atoms with Gasteiger partial charge in [0.05, 0.1) is 19.9 Å². The minimum absolute atomic E-state index is 0.0578. The van der Waals surface area contributed by atoms with Crippen molar-refractivity contribution in [2.75, 3.05) is 32.2 Å². The Morgan fingerprint density at radius 1 is 1.56 bits per heavy atom. The number of nitrogens with two attached hydrogens (primary N) is 1. The molecule has 6 heteroatoms. The van der Waals surface area contributed by atoms with E-state index in [9.17, 15) is 4.79 Å². The summed E-state index contributed by atoms with van der Waals surface area (Å²) in [7, 11) is 1.59. The first-order valence-electron chi connectivity index (χ1n) is 4.82. The van der Waals surface area contributed by atoms with Crippen molar-refractivity contribution in [3.8, 4) is 5.75 Å². The number of aromatic nitrogens is 1. The Balaban J connectivity index is 2.19. The van der Waals surface area contributed by atoms with E-state index in [1.807, 2.05) is 0 Å². The molecule has 6 nitrogen and oxygen atoms in total. The lowest BCUT2D eigenvalue weighted by atomic mass is 10.4. The Morgan fingerprint density at radius 3 is 2.94 bits per heavy atom. The van der Waals surface area contributed by atoms with Crippen LogP contribution in [0.15, 0.2) is 18.3 Å². The van der Waals surface area contributed by atoms with Crippen LogP contribution < -0.4 is 15.8 Å². The molecule has 0 fully saturated rings. The van der Waals surface area contributed by atoms with E-state index in [-0.39, 0.29) is 6.61 Å². The number of methoxy groups -OCH3 is 1. The summed E-state index contributed by atoms with van der Waals surface area (Å²) in [5, 5.41) is 3.03. The van der Waals surface area contributed by atoms with Gasteiger partial charge < -0.3 is 20.5 Å². The molecule has 0 aliphatic heterocycles. The van der Waals surface area contributed by atoms with Gasteiger partial charge in [-0.25, -0.2) is 4.98 Å². The summed E-state index contributed by atoms with van der Waals surface area (Å²) >= 11 is 0. The van der Waals surface area contributed by atoms with Crippen LogP contribution in [0, 0.1) is 0 Å². The normalized spacial score (nSPS) is 9.81. The highest BCUT2D eigenvalue weighted by atomic mass is 16.5. The third kappa shape index (κ3) is 4.61. The van der Waals surface area contributed by atoms with Crippen molar-refractivity contribution in [3.63, 3.8) is 0 Å². The number of primary amides is 1. The van der Waals surface area contributed by atoms with Crippen LogP contribution in [-0.4, -0.2) is 37.8 Å². The molecule has 88 valence electrons. The quantitative estimate of drug-likeness (QED) is 0.638. The molecule has 0 aliphatic carbocycles. The maximum Gasteiger partial charge on any atom is 0.243 e. The molecular weight excluding hydrogens is 210 g/mol. The number of nitrogens with zero attached hydrogens (tertiary/aromatic N) is 1. The Kier molecular flexibility index (Phi) is 5.07. The average Bonchev–Trinajstić information content (AvgIpc) is 2.29. The highest BCUT2D eigenvalue weighted by molar-refractivity contribution is 5.74. The van der Waals surface area contributed by atoms with Gasteiger partial charge in [-0.2, -0.15) is 0 Å². The van der Waals surface area contributed by atoms with Crippen molar-refractivity contribution >= 4 is 11.7 Å². The summed E-state index contributed by atoms with van der Waals surface area (Å²) < 4.78 is 9.94. The van der Waals surface area contributed by atoms with E-state index >= 15 is 0 Å². The monoisotopic (exact) mass is 225 g/mol. The van der Waals surface area contributed by atoms with E-state index in [4.69, 9.17) is 15.2 Å². The van der Waals surface area contributed by atoms with Crippen molar-refractivity contribution in [3.05, 3.63) is 18.3 Å². The van der Waals surface area contributed by atoms with Crippen LogP contribution in [0.25, 0.3) is 0 Å². The summed E-state index contributed by atoms with van der Waals surface area (Å²) in [4.78, 5) is 14.5. The van der Waals surface area contributed by atoms with Gasteiger partial charge in [0.2, 0.25) is 5.91 Å². The van der Waals surface area contributed by atoms with Gasteiger partial charge in [0.15, 0.2) is 0 Å². The van der Waals surface area contributed by atoms with Crippen LogP contribution in [0.1, 0.15) is 0 Å². The largest absolute Gasteiger partial charge is 0.495 e. The van der Waals surface area contributed by atoms with E-state index in [0.29, 0.717) is 18.9 Å². The molecule has 0 spiro atoms. The van der Waals surface area contributed by atoms with Crippen LogP contribution >= 0.6 is 0 Å². The summed E-state index contributed by atoms with van der Waals surface area (Å²) in [6.45, 7) is 0.904. The average molecular weight is 225 g/mol. The van der Waals surface area contributed by atoms with Crippen molar-refractivity contribution in [1.82, 2.24) is 4.98 Å². The lowest BCUT2D eigenvalue weighted by Gasteiger charge is -2.06. The number of nitrogens with one attached hydrogen (secondary N) is 1. The molecule has 0 atom stereocenters. The molecule has 1 rings (SSSR count). The highest BCUT2D eigenvalue weighted by Crippen LogP contribution is 2.10. The first-order chi connectivity index (χ1) is 7.72. The molecule has 0 bridgehead atoms. The maximum absolute atomic E-state index is 10.4. The number of carbonyl (C=O) groups excluding carboxylic acids is 1. The summed E-state index contributed by atoms with van der Waals surface area (Å²) in [5.41, 5.74) is 4.91. The smallest absolute Gasteiger partial charge is 0.243 e. The maximum atomic E-state index is 10.4. The number of hydrogen-bond donors (Lipinski definition) is 2. The summed E-state index contributed by atoms with van der Waals surface area (Å²) in [6.07, 6.45) is 1.62. The van der Waals surface area contributed by atoms with E-state index in [1.54, 1.807) is 25.4 Å². The lowest BCUT2D eigenvalue weighted by molar-refractivity contribution is -0.122. The number of hydrogen-bond acceptors (Lipinski definition) is 5. The molecule has 1 amide bonds. The number of pyridine rings is 1. The number of anilines is 1. The van der Waals surface area contributed by atoms with Crippen LogP contribution in [0.2, 0.25) is 0 Å². The van der Waals surface area contributed by atoms with E-state index < -0.39 is 5.91 Å². The van der Waals surface area contributed by atoms with Gasteiger partial charge in [0.25, 0.3) is 0 Å². The molecule has 1 aromatic heterocycles. The second-order valence-corrected chi connectivity index (χ2v) is 3.03. The van der Waals surface area contributed by atoms with Crippen LogP contribution in [-0.2, 0) is 9.53 Å². The third-order valence-corrected chi connectivity index (χ3v) is 1.77. The number of ether oxygens (including phenoxy) is 2. The number of rotatable bonds is 7. The van der Waals surface area contributed by atoms with Crippen molar-refractivity contribution < 1.29 is 14.3 Å². The zero-order chi connectivity index (χ0) is 11.8. The van der Waals surface area contributed by atoms with Crippen molar-refractivity contribution in [2.45, 2.75) is 0 Å². The Morgan fingerprint density at radius 2 is 2.38 bits per heavy atom. The SMILES string of the molecule is COc1ccc(NCCOCC(N)=O)nc1. The van der Waals surface area contributed by atoms with Gasteiger partial charge in [-0.05, 0) is 12.1 Å². The number of amides is 1. The fourth-order valence-corrected chi connectivity index (χ4v) is 1.03. The zero-order valence-electron chi connectivity index (χ0n) is 9.10. The van der Waals surface area contributed by atoms with E-state index in [1.165, 1.54) is 0 Å². The Bertz CT molecular complexity index is 327. The van der Waals surface area contributed by atoms with Gasteiger partial charge in [-0.15, -0.1) is 0 Å². The number of carbonyl (C=O) groups is 1. The molecule has 1 heterocycles. The molecule has 1 aromatic rings. The molecule has 0 saturated carbocycles. The molecule has 0 aromatic carbocycles. The molecule has 0 aliphatic rings. The fourth-order valence-electron chi connectivity index (χ4n) is 1.03. The van der Waals surface area contributed by atoms with Gasteiger partial charge in [-0.1, -0.05) is 0 Å². The predicted molar refractivity (Wildman–Crippen MR) is 59.3 cm³/mol. The first-order valence-corrected chi connectivity index (χ1v) is 4.82. The Hall–Kier alpha value is -1.82. The molecule has 16 heavy (non-hydrogen) atoms. The van der Waals surface area contributed by atoms with Crippen molar-refractivity contribution in [1.29, 1.82) is 0 Å². The first kappa shape index (κ1) is 12.3. The van der Waals surface area contributed by atoms with Crippen LogP contribution in [0.5, 0.6) is 5.75 Å². The summed E-state index contributed by atoms with van der Waals surface area (Å²) in [6, 6.07) is 3.60. The second-order valence-electron chi connectivity index (χ2n) is 3.03. The molecule has 0 saturated heterocycles. The minimum Gasteiger partial charge on any atom is -0.495 e. The predicted octanol–water partition coefficient (Wildman–Crippen LogP) is 0.00400. The lowest BCUT2D eigenvalue weighted by Crippen LogP contribution is -2.20. The molecular formula is C10H15N3O3. The van der Waals surface area contributed by atoms with Crippen LogP contribution in [0.4, 0.5) is 5.82 Å². The van der Waals surface area contributed by atoms with Crippen LogP contribution in [0.3, 0.4) is 0 Å². The zero-order valence-corrected chi connectivity index (χ0v) is 9.10. The van der Waals surface area contributed by atoms with E-state index in [0.717, 1.165) is 5.82 Å². The van der Waals surface area contributed by atoms with Gasteiger partial charge in [0.1, 0.15) is 18.2 Å². The van der Waals surface area contributed by atoms with E-state index in [2.05, 4.69) is 10.3 Å². The minimum atomic E-state index is -0.470. The fraction of sp³-hybridized carbons (Fsp3) is 0.400. The van der Waals surface area contributed by atoms with Crippen molar-refractivity contribution in [2.24, 2.45) is 5.73 Å². The Labute approximate surface area is 93.8 Å². The molecule has 3 N–H and O–H groups in total. The molecule has 0 radical (unpaired) electrons. The second kappa shape index (κ2) is 6.62. The highest BCUT2D eigenvalue weighted by Gasteiger charge is 1.96. The van der Waals surface area contributed by atoms with Gasteiger partial charge in [-0.3, -0.25) is 4.79 Å². The third-order valence-electron chi connectivity index (χ3n) is 1.77. The standard InChI is InChI=1S/C10H15N3O3/c1-15-8-2-3-10(13-6-8)12-4-5-16-7-9(11)14/h2-3,6H,4-5,7H2,1H3,(H2,11,14)(H,12,13).